The first-order valence-electron chi connectivity index (χ1n) is 6.62. The molecule has 4 nitrogen and oxygen atoms in total. The summed E-state index contributed by atoms with van der Waals surface area (Å²) < 4.78 is 0. The van der Waals surface area contributed by atoms with Crippen molar-refractivity contribution >= 4 is 41.4 Å². The molecule has 0 aliphatic carbocycles. The fourth-order valence-corrected chi connectivity index (χ4v) is 2.88. The van der Waals surface area contributed by atoms with Gasteiger partial charge in [-0.1, -0.05) is 59.3 Å². The molecule has 0 aliphatic heterocycles. The summed E-state index contributed by atoms with van der Waals surface area (Å²) in [7, 11) is 5.66. The summed E-state index contributed by atoms with van der Waals surface area (Å²) in [6, 6.07) is 16.8. The minimum absolute atomic E-state index is 0.434. The monoisotopic (exact) mass is 305 g/mol. The maximum atomic E-state index is 11.7. The Morgan fingerprint density at radius 2 is 1.77 bits per heavy atom. The highest BCUT2D eigenvalue weighted by Crippen LogP contribution is 2.32. The van der Waals surface area contributed by atoms with Crippen molar-refractivity contribution in [3.63, 3.8) is 0 Å². The molecule has 0 fully saturated rings. The number of nitrogens with two attached hydrogens (primary N) is 1. The van der Waals surface area contributed by atoms with E-state index in [-0.39, 0.29) is 0 Å². The van der Waals surface area contributed by atoms with E-state index in [1.165, 1.54) is 11.3 Å². The molecular weight excluding hydrogens is 293 g/mol. The largest absolute Gasteiger partial charge is 0.365 e. The second kappa shape index (κ2) is 6.03. The Morgan fingerprint density at radius 1 is 1.09 bits per heavy atom. The number of hydrogen-bond donors (Lipinski definition) is 2. The quantitative estimate of drug-likeness (QED) is 0.728. The molecule has 1 heterocycles. The Morgan fingerprint density at radius 3 is 2.41 bits per heavy atom. The van der Waals surface area contributed by atoms with Crippen molar-refractivity contribution in [2.75, 3.05) is 5.32 Å². The summed E-state index contributed by atoms with van der Waals surface area (Å²) in [4.78, 5) is 16.6. The highest BCUT2D eigenvalue weighted by Gasteiger charge is 2.17. The Balaban J connectivity index is 1.97. The van der Waals surface area contributed by atoms with E-state index in [4.69, 9.17) is 13.6 Å². The van der Waals surface area contributed by atoms with Gasteiger partial charge in [0.05, 0.1) is 5.69 Å². The van der Waals surface area contributed by atoms with Crippen molar-refractivity contribution in [3.8, 4) is 11.3 Å². The Bertz CT molecular complexity index is 800. The van der Waals surface area contributed by atoms with Gasteiger partial charge in [0, 0.05) is 11.3 Å². The number of thiazole rings is 1. The van der Waals surface area contributed by atoms with E-state index < -0.39 is 5.91 Å². The van der Waals surface area contributed by atoms with Crippen molar-refractivity contribution in [1.29, 1.82) is 0 Å². The predicted molar refractivity (Wildman–Crippen MR) is 91.2 cm³/mol. The topological polar surface area (TPSA) is 68.0 Å². The van der Waals surface area contributed by atoms with Gasteiger partial charge in [-0.2, -0.15) is 0 Å². The van der Waals surface area contributed by atoms with Gasteiger partial charge in [0.15, 0.2) is 5.13 Å². The number of benzene rings is 2. The van der Waals surface area contributed by atoms with Crippen LogP contribution in [-0.4, -0.2) is 18.7 Å². The molecule has 3 N–H and O–H groups in total. The van der Waals surface area contributed by atoms with Crippen LogP contribution in [0.25, 0.3) is 11.3 Å². The molecule has 106 valence electrons. The van der Waals surface area contributed by atoms with Crippen molar-refractivity contribution in [2.45, 2.75) is 0 Å². The summed E-state index contributed by atoms with van der Waals surface area (Å²) in [6.45, 7) is 0. The van der Waals surface area contributed by atoms with Crippen LogP contribution in [0.3, 0.4) is 0 Å². The SMILES string of the molecule is [B]c1ccc(Nc2nc(-c3ccccc3)c(C(N)=O)s2)cc1. The summed E-state index contributed by atoms with van der Waals surface area (Å²) in [5.41, 5.74) is 8.45. The lowest BCUT2D eigenvalue weighted by atomic mass is 9.96. The van der Waals surface area contributed by atoms with Crippen LogP contribution in [0.15, 0.2) is 54.6 Å². The van der Waals surface area contributed by atoms with E-state index in [0.29, 0.717) is 21.2 Å². The lowest BCUT2D eigenvalue weighted by molar-refractivity contribution is 0.100. The van der Waals surface area contributed by atoms with E-state index in [1.54, 1.807) is 12.1 Å². The first kappa shape index (κ1) is 14.3. The van der Waals surface area contributed by atoms with Gasteiger partial charge in [-0.3, -0.25) is 4.79 Å². The first-order chi connectivity index (χ1) is 10.6. The zero-order valence-corrected chi connectivity index (χ0v) is 12.4. The van der Waals surface area contributed by atoms with E-state index in [0.717, 1.165) is 11.3 Å². The Labute approximate surface area is 133 Å². The second-order valence-corrected chi connectivity index (χ2v) is 5.67. The van der Waals surface area contributed by atoms with Crippen LogP contribution in [-0.2, 0) is 0 Å². The normalized spacial score (nSPS) is 10.4. The zero-order valence-electron chi connectivity index (χ0n) is 11.6. The third kappa shape index (κ3) is 3.02. The van der Waals surface area contributed by atoms with Gasteiger partial charge in [-0.25, -0.2) is 4.98 Å². The number of aromatic nitrogens is 1. The van der Waals surface area contributed by atoms with Crippen LogP contribution in [0.4, 0.5) is 10.8 Å². The molecule has 1 amide bonds. The third-order valence-electron chi connectivity index (χ3n) is 3.06. The number of nitrogens with one attached hydrogen (secondary N) is 1. The molecule has 0 spiro atoms. The zero-order chi connectivity index (χ0) is 15.5. The molecule has 3 aromatic rings. The highest BCUT2D eigenvalue weighted by molar-refractivity contribution is 7.18. The third-order valence-corrected chi connectivity index (χ3v) is 4.05. The van der Waals surface area contributed by atoms with Gasteiger partial charge in [0.2, 0.25) is 0 Å². The van der Waals surface area contributed by atoms with Gasteiger partial charge in [-0.15, -0.1) is 0 Å². The maximum Gasteiger partial charge on any atom is 0.261 e. The van der Waals surface area contributed by atoms with Crippen LogP contribution < -0.4 is 16.5 Å². The lowest BCUT2D eigenvalue weighted by Crippen LogP contribution is -2.10. The average molecular weight is 305 g/mol. The number of carbonyl (C=O) groups excluding carboxylic acids is 1. The molecular formula is C16H12BN3OS. The molecule has 0 bridgehead atoms. The van der Waals surface area contributed by atoms with Gasteiger partial charge < -0.3 is 11.1 Å². The summed E-state index contributed by atoms with van der Waals surface area (Å²) >= 11 is 1.23. The molecule has 3 rings (SSSR count). The number of primary amides is 1. The molecule has 0 saturated heterocycles. The summed E-state index contributed by atoms with van der Waals surface area (Å²) in [6.07, 6.45) is 0. The molecule has 22 heavy (non-hydrogen) atoms. The molecule has 0 unspecified atom stereocenters. The van der Waals surface area contributed by atoms with Crippen molar-refractivity contribution in [2.24, 2.45) is 5.73 Å². The number of rotatable bonds is 4. The second-order valence-electron chi connectivity index (χ2n) is 4.67. The Hall–Kier alpha value is -2.60. The molecule has 1 aromatic heterocycles. The van der Waals surface area contributed by atoms with E-state index in [2.05, 4.69) is 10.3 Å². The maximum absolute atomic E-state index is 11.7. The van der Waals surface area contributed by atoms with Gasteiger partial charge >= 0.3 is 0 Å². The van der Waals surface area contributed by atoms with Crippen LogP contribution in [0.2, 0.25) is 0 Å². The summed E-state index contributed by atoms with van der Waals surface area (Å²) in [5.74, 6) is -0.485. The van der Waals surface area contributed by atoms with Crippen LogP contribution in [0.1, 0.15) is 9.67 Å². The van der Waals surface area contributed by atoms with Crippen molar-refractivity contribution in [1.82, 2.24) is 4.98 Å². The molecule has 6 heteroatoms. The number of nitrogens with zero attached hydrogens (tertiary/aromatic N) is 1. The highest BCUT2D eigenvalue weighted by atomic mass is 32.1. The minimum atomic E-state index is -0.485. The van der Waals surface area contributed by atoms with Gasteiger partial charge in [0.1, 0.15) is 12.7 Å². The minimum Gasteiger partial charge on any atom is -0.365 e. The number of amides is 1. The molecule has 2 radical (unpaired) electrons. The first-order valence-corrected chi connectivity index (χ1v) is 7.44. The summed E-state index contributed by atoms with van der Waals surface area (Å²) in [5, 5.41) is 3.77. The number of carbonyl (C=O) groups is 1. The smallest absolute Gasteiger partial charge is 0.261 e. The molecule has 0 atom stereocenters. The number of anilines is 2. The lowest BCUT2D eigenvalue weighted by Gasteiger charge is -2.02. The van der Waals surface area contributed by atoms with Gasteiger partial charge in [0.25, 0.3) is 5.91 Å². The fourth-order valence-electron chi connectivity index (χ4n) is 2.02. The van der Waals surface area contributed by atoms with E-state index >= 15 is 0 Å². The molecule has 0 aliphatic rings. The fraction of sp³-hybridized carbons (Fsp3) is 0. The molecule has 2 aromatic carbocycles. The van der Waals surface area contributed by atoms with E-state index in [1.807, 2.05) is 42.5 Å². The number of hydrogen-bond acceptors (Lipinski definition) is 4. The van der Waals surface area contributed by atoms with Crippen molar-refractivity contribution in [3.05, 3.63) is 59.5 Å². The Kier molecular flexibility index (Phi) is 3.93. The molecule has 0 saturated carbocycles. The predicted octanol–water partition coefficient (Wildman–Crippen LogP) is 2.45. The van der Waals surface area contributed by atoms with Gasteiger partial charge in [-0.05, 0) is 12.1 Å². The standard InChI is InChI=1S/C16H12BN3OS/c17-11-6-8-12(9-7-11)19-16-20-13(14(22-16)15(18)21)10-4-2-1-3-5-10/h1-9H,(H2,18,21)(H,19,20). The van der Waals surface area contributed by atoms with Crippen molar-refractivity contribution < 1.29 is 4.79 Å². The average Bonchev–Trinajstić information content (AvgIpc) is 2.95. The van der Waals surface area contributed by atoms with Crippen LogP contribution in [0, 0.1) is 0 Å². The van der Waals surface area contributed by atoms with Crippen LogP contribution >= 0.6 is 11.3 Å². The van der Waals surface area contributed by atoms with E-state index in [9.17, 15) is 4.79 Å². The van der Waals surface area contributed by atoms with Crippen LogP contribution in [0.5, 0.6) is 0 Å².